The first-order valence-corrected chi connectivity index (χ1v) is 7.16. The van der Waals surface area contributed by atoms with Crippen LogP contribution in [-0.2, 0) is 0 Å². The van der Waals surface area contributed by atoms with Crippen LogP contribution in [0.4, 0.5) is 0 Å². The van der Waals surface area contributed by atoms with Gasteiger partial charge in [-0.1, -0.05) is 57.9 Å². The highest BCUT2D eigenvalue weighted by Gasteiger charge is 2.15. The molecule has 2 aromatic carbocycles. The number of halogens is 2. The molecule has 0 aliphatic rings. The molecule has 1 atom stereocenters. The van der Waals surface area contributed by atoms with Crippen LogP contribution >= 0.6 is 27.5 Å². The fraction of sp³-hybridized carbons (Fsp3) is 0.200. The first-order valence-electron chi connectivity index (χ1n) is 5.99. The Bertz CT molecular complexity index is 536. The monoisotopic (exact) mass is 339 g/mol. The minimum absolute atomic E-state index is 0.196. The molecule has 0 aromatic heterocycles. The van der Waals surface area contributed by atoms with E-state index in [4.69, 9.17) is 22.1 Å². The molecule has 0 amide bonds. The summed E-state index contributed by atoms with van der Waals surface area (Å²) in [4.78, 5) is 0. The van der Waals surface area contributed by atoms with Crippen LogP contribution in [0.2, 0.25) is 5.02 Å². The van der Waals surface area contributed by atoms with Gasteiger partial charge in [-0.15, -0.1) is 0 Å². The Morgan fingerprint density at radius 2 is 1.95 bits per heavy atom. The number of benzene rings is 2. The fourth-order valence-electron chi connectivity index (χ4n) is 1.90. The summed E-state index contributed by atoms with van der Waals surface area (Å²) in [5.74, 6) is 0.684. The van der Waals surface area contributed by atoms with Crippen LogP contribution in [0.15, 0.2) is 46.9 Å². The van der Waals surface area contributed by atoms with Crippen LogP contribution in [0.3, 0.4) is 0 Å². The van der Waals surface area contributed by atoms with Crippen molar-refractivity contribution in [2.24, 2.45) is 5.73 Å². The molecule has 100 valence electrons. The molecule has 0 spiro atoms. The Labute approximate surface area is 126 Å². The van der Waals surface area contributed by atoms with Gasteiger partial charge in [0, 0.05) is 11.0 Å². The number of rotatable bonds is 4. The Kier molecular flexibility index (Phi) is 4.86. The molecule has 0 saturated carbocycles. The lowest BCUT2D eigenvalue weighted by Crippen LogP contribution is -2.18. The summed E-state index contributed by atoms with van der Waals surface area (Å²) in [6.07, 6.45) is -0.196. The van der Waals surface area contributed by atoms with Crippen LogP contribution < -0.4 is 10.5 Å². The third-order valence-corrected chi connectivity index (χ3v) is 3.58. The summed E-state index contributed by atoms with van der Waals surface area (Å²) < 4.78 is 6.92. The van der Waals surface area contributed by atoms with Gasteiger partial charge in [-0.2, -0.15) is 0 Å². The molecule has 0 fully saturated rings. The summed E-state index contributed by atoms with van der Waals surface area (Å²) in [6.45, 7) is 2.36. The standard InChI is InChI=1S/C15H15BrClNO/c1-10-7-12(16)8-13(17)15(10)19-14(9-18)11-5-3-2-4-6-11/h2-8,14H,9,18H2,1H3. The molecule has 2 rings (SSSR count). The molecule has 2 N–H and O–H groups in total. The fourth-order valence-corrected chi connectivity index (χ4v) is 2.92. The van der Waals surface area contributed by atoms with Crippen molar-refractivity contribution in [2.45, 2.75) is 13.0 Å². The van der Waals surface area contributed by atoms with Crippen LogP contribution in [0.5, 0.6) is 5.75 Å². The van der Waals surface area contributed by atoms with E-state index >= 15 is 0 Å². The van der Waals surface area contributed by atoms with E-state index in [2.05, 4.69) is 15.9 Å². The maximum atomic E-state index is 6.23. The van der Waals surface area contributed by atoms with Gasteiger partial charge in [-0.25, -0.2) is 0 Å². The van der Waals surface area contributed by atoms with Gasteiger partial charge in [0.1, 0.15) is 11.9 Å². The zero-order valence-corrected chi connectivity index (χ0v) is 12.9. The van der Waals surface area contributed by atoms with Crippen molar-refractivity contribution in [3.8, 4) is 5.75 Å². The Morgan fingerprint density at radius 3 is 2.53 bits per heavy atom. The van der Waals surface area contributed by atoms with Crippen LogP contribution in [0, 0.1) is 6.92 Å². The van der Waals surface area contributed by atoms with Crippen molar-refractivity contribution >= 4 is 27.5 Å². The molecule has 0 bridgehead atoms. The number of hydrogen-bond acceptors (Lipinski definition) is 2. The largest absolute Gasteiger partial charge is 0.483 e. The molecule has 0 radical (unpaired) electrons. The number of hydrogen-bond donors (Lipinski definition) is 1. The van der Waals surface area contributed by atoms with Gasteiger partial charge in [0.05, 0.1) is 5.02 Å². The van der Waals surface area contributed by atoms with Crippen molar-refractivity contribution in [1.29, 1.82) is 0 Å². The maximum absolute atomic E-state index is 6.23. The van der Waals surface area contributed by atoms with Gasteiger partial charge in [0.25, 0.3) is 0 Å². The molecule has 0 saturated heterocycles. The average Bonchev–Trinajstić information content (AvgIpc) is 2.39. The predicted molar refractivity (Wildman–Crippen MR) is 82.8 cm³/mol. The summed E-state index contributed by atoms with van der Waals surface area (Å²) >= 11 is 9.64. The van der Waals surface area contributed by atoms with Crippen LogP contribution in [-0.4, -0.2) is 6.54 Å². The van der Waals surface area contributed by atoms with E-state index in [1.165, 1.54) is 0 Å². The second-order valence-electron chi connectivity index (χ2n) is 4.29. The van der Waals surface area contributed by atoms with Crippen LogP contribution in [0.25, 0.3) is 0 Å². The lowest BCUT2D eigenvalue weighted by Gasteiger charge is -2.20. The van der Waals surface area contributed by atoms with Crippen molar-refractivity contribution in [2.75, 3.05) is 6.54 Å². The first-order chi connectivity index (χ1) is 9.11. The average molecular weight is 341 g/mol. The van der Waals surface area contributed by atoms with E-state index in [9.17, 15) is 0 Å². The second-order valence-corrected chi connectivity index (χ2v) is 5.61. The third-order valence-electron chi connectivity index (χ3n) is 2.84. The normalized spacial score (nSPS) is 12.2. The molecule has 19 heavy (non-hydrogen) atoms. The maximum Gasteiger partial charge on any atom is 0.141 e. The van der Waals surface area contributed by atoms with E-state index in [0.29, 0.717) is 17.3 Å². The van der Waals surface area contributed by atoms with Crippen molar-refractivity contribution in [3.63, 3.8) is 0 Å². The molecule has 2 nitrogen and oxygen atoms in total. The minimum Gasteiger partial charge on any atom is -0.483 e. The molecule has 0 heterocycles. The minimum atomic E-state index is -0.196. The zero-order chi connectivity index (χ0) is 13.8. The Balaban J connectivity index is 2.29. The molecular weight excluding hydrogens is 326 g/mol. The zero-order valence-electron chi connectivity index (χ0n) is 10.6. The summed E-state index contributed by atoms with van der Waals surface area (Å²) in [5.41, 5.74) is 7.83. The van der Waals surface area contributed by atoms with Crippen molar-refractivity contribution < 1.29 is 4.74 Å². The number of nitrogens with two attached hydrogens (primary N) is 1. The van der Waals surface area contributed by atoms with Gasteiger partial charge in [-0.3, -0.25) is 0 Å². The molecular formula is C15H15BrClNO. The molecule has 0 aliphatic carbocycles. The number of ether oxygens (including phenoxy) is 1. The van der Waals surface area contributed by atoms with Crippen molar-refractivity contribution in [3.05, 3.63) is 63.1 Å². The van der Waals surface area contributed by atoms with E-state index in [-0.39, 0.29) is 6.10 Å². The third kappa shape index (κ3) is 3.50. The van der Waals surface area contributed by atoms with Gasteiger partial charge >= 0.3 is 0 Å². The molecule has 0 aliphatic heterocycles. The van der Waals surface area contributed by atoms with Crippen LogP contribution in [0.1, 0.15) is 17.2 Å². The summed E-state index contributed by atoms with van der Waals surface area (Å²) in [7, 11) is 0. The van der Waals surface area contributed by atoms with E-state index in [1.54, 1.807) is 0 Å². The predicted octanol–water partition coefficient (Wildman–Crippen LogP) is 4.49. The first kappa shape index (κ1) is 14.4. The highest BCUT2D eigenvalue weighted by Crippen LogP contribution is 2.34. The SMILES string of the molecule is Cc1cc(Br)cc(Cl)c1OC(CN)c1ccccc1. The van der Waals surface area contributed by atoms with E-state index < -0.39 is 0 Å². The lowest BCUT2D eigenvalue weighted by atomic mass is 10.1. The van der Waals surface area contributed by atoms with Gasteiger partial charge < -0.3 is 10.5 Å². The molecule has 2 aromatic rings. The Hall–Kier alpha value is -1.03. The highest BCUT2D eigenvalue weighted by molar-refractivity contribution is 9.10. The number of aryl methyl sites for hydroxylation is 1. The molecule has 1 unspecified atom stereocenters. The lowest BCUT2D eigenvalue weighted by molar-refractivity contribution is 0.213. The quantitative estimate of drug-likeness (QED) is 0.890. The van der Waals surface area contributed by atoms with E-state index in [0.717, 1.165) is 15.6 Å². The highest BCUT2D eigenvalue weighted by atomic mass is 79.9. The van der Waals surface area contributed by atoms with Gasteiger partial charge in [0.15, 0.2) is 0 Å². The van der Waals surface area contributed by atoms with Gasteiger partial charge in [0.2, 0.25) is 0 Å². The van der Waals surface area contributed by atoms with E-state index in [1.807, 2.05) is 49.4 Å². The molecule has 4 heteroatoms. The summed E-state index contributed by atoms with van der Waals surface area (Å²) in [5, 5.41) is 0.584. The van der Waals surface area contributed by atoms with Gasteiger partial charge in [-0.05, 0) is 30.2 Å². The Morgan fingerprint density at radius 1 is 1.26 bits per heavy atom. The van der Waals surface area contributed by atoms with Crippen molar-refractivity contribution in [1.82, 2.24) is 0 Å². The summed E-state index contributed by atoms with van der Waals surface area (Å²) in [6, 6.07) is 13.7. The second kappa shape index (κ2) is 6.42. The topological polar surface area (TPSA) is 35.2 Å². The smallest absolute Gasteiger partial charge is 0.141 e.